The second-order valence-electron chi connectivity index (χ2n) is 7.37. The van der Waals surface area contributed by atoms with Gasteiger partial charge < -0.3 is 15.0 Å². The Morgan fingerprint density at radius 3 is 2.32 bits per heavy atom. The molecule has 31 heavy (non-hydrogen) atoms. The number of nitrogens with one attached hydrogen (secondary N) is 1. The minimum atomic E-state index is -3.32. The number of aliphatic hydroxyl groups is 1. The normalized spacial score (nSPS) is 12.6. The van der Waals surface area contributed by atoms with Crippen molar-refractivity contribution in [3.63, 3.8) is 0 Å². The zero-order valence-electron chi connectivity index (χ0n) is 17.2. The Kier molecular flexibility index (Phi) is 6.81. The molecule has 0 aliphatic carbocycles. The number of aromatic nitrogens is 1. The third kappa shape index (κ3) is 5.30. The van der Waals surface area contributed by atoms with E-state index in [0.717, 1.165) is 6.26 Å². The summed E-state index contributed by atoms with van der Waals surface area (Å²) in [5.41, 5.74) is 2.88. The fraction of sp³-hybridized carbons (Fsp3) is 0.227. The molecule has 0 radical (unpaired) electrons. The molecule has 0 aliphatic rings. The van der Waals surface area contributed by atoms with Crippen molar-refractivity contribution in [1.82, 2.24) is 4.57 Å². The number of hydrogen-bond acceptors (Lipinski definition) is 4. The van der Waals surface area contributed by atoms with Gasteiger partial charge in [0.1, 0.15) is 0 Å². The van der Waals surface area contributed by atoms with Crippen LogP contribution in [0.4, 0.5) is 5.69 Å². The van der Waals surface area contributed by atoms with Crippen molar-refractivity contribution < 1.29 is 18.3 Å². The number of hydrogen-bond donors (Lipinski definition) is 2. The summed E-state index contributed by atoms with van der Waals surface area (Å²) in [4.78, 5) is 13.1. The fourth-order valence-corrected chi connectivity index (χ4v) is 4.46. The molecule has 3 rings (SSSR count). The first-order chi connectivity index (χ1) is 14.5. The van der Waals surface area contributed by atoms with Crippen LogP contribution in [-0.4, -0.2) is 36.4 Å². The Balaban J connectivity index is 1.99. The number of carbonyl (C=O) groups is 1. The molecule has 0 spiro atoms. The van der Waals surface area contributed by atoms with Crippen molar-refractivity contribution in [2.24, 2.45) is 0 Å². The van der Waals surface area contributed by atoms with Crippen LogP contribution in [0, 0.1) is 6.92 Å². The Bertz CT molecular complexity index is 1230. The minimum absolute atomic E-state index is 0.171. The molecule has 0 saturated heterocycles. The lowest BCUT2D eigenvalue weighted by molar-refractivity contribution is 0.102. The number of halogens is 2. The predicted octanol–water partition coefficient (Wildman–Crippen LogP) is 4.67. The van der Waals surface area contributed by atoms with E-state index in [1.807, 2.05) is 4.57 Å². The van der Waals surface area contributed by atoms with Gasteiger partial charge in [-0.2, -0.15) is 0 Å². The van der Waals surface area contributed by atoms with Gasteiger partial charge in [0.25, 0.3) is 5.91 Å². The van der Waals surface area contributed by atoms with Crippen molar-refractivity contribution in [3.8, 4) is 5.69 Å². The largest absolute Gasteiger partial charge is 0.393 e. The van der Waals surface area contributed by atoms with Gasteiger partial charge in [-0.15, -0.1) is 0 Å². The summed E-state index contributed by atoms with van der Waals surface area (Å²) in [7, 11) is -3.32. The quantitative estimate of drug-likeness (QED) is 0.536. The fourth-order valence-electron chi connectivity index (χ4n) is 3.34. The van der Waals surface area contributed by atoms with E-state index in [2.05, 4.69) is 5.32 Å². The van der Waals surface area contributed by atoms with Gasteiger partial charge >= 0.3 is 0 Å². The number of amides is 1. The molecular formula is C22H22Cl2N2O4S. The van der Waals surface area contributed by atoms with Crippen LogP contribution in [0.3, 0.4) is 0 Å². The van der Waals surface area contributed by atoms with E-state index < -0.39 is 15.9 Å². The maximum Gasteiger partial charge on any atom is 0.257 e. The summed E-state index contributed by atoms with van der Waals surface area (Å²) < 4.78 is 25.1. The molecule has 1 amide bonds. The molecule has 1 unspecified atom stereocenters. The highest BCUT2D eigenvalue weighted by atomic mass is 35.5. The topological polar surface area (TPSA) is 88.4 Å². The monoisotopic (exact) mass is 480 g/mol. The lowest BCUT2D eigenvalue weighted by Gasteiger charge is -2.15. The highest BCUT2D eigenvalue weighted by Gasteiger charge is 2.21. The van der Waals surface area contributed by atoms with Crippen LogP contribution in [0.25, 0.3) is 5.69 Å². The number of sulfone groups is 1. The lowest BCUT2D eigenvalue weighted by Crippen LogP contribution is -2.13. The van der Waals surface area contributed by atoms with Gasteiger partial charge in [-0.25, -0.2) is 8.42 Å². The van der Waals surface area contributed by atoms with Gasteiger partial charge in [-0.1, -0.05) is 23.2 Å². The van der Waals surface area contributed by atoms with Crippen LogP contribution in [0.15, 0.2) is 53.4 Å². The summed E-state index contributed by atoms with van der Waals surface area (Å²) >= 11 is 12.4. The molecule has 1 aromatic heterocycles. The van der Waals surface area contributed by atoms with Crippen molar-refractivity contribution in [2.75, 3.05) is 11.6 Å². The van der Waals surface area contributed by atoms with Crippen LogP contribution in [-0.2, 0) is 16.3 Å². The van der Waals surface area contributed by atoms with Gasteiger partial charge in [0.05, 0.1) is 27.3 Å². The lowest BCUT2D eigenvalue weighted by atomic mass is 10.2. The third-order valence-electron chi connectivity index (χ3n) is 4.76. The van der Waals surface area contributed by atoms with Gasteiger partial charge in [0, 0.05) is 34.8 Å². The maximum atomic E-state index is 13.0. The molecule has 1 heterocycles. The van der Waals surface area contributed by atoms with Gasteiger partial charge in [-0.3, -0.25) is 4.79 Å². The van der Waals surface area contributed by atoms with E-state index in [-0.39, 0.29) is 10.8 Å². The summed E-state index contributed by atoms with van der Waals surface area (Å²) in [5, 5.41) is 13.6. The summed E-state index contributed by atoms with van der Waals surface area (Å²) in [6.45, 7) is 3.46. The van der Waals surface area contributed by atoms with E-state index in [9.17, 15) is 18.3 Å². The van der Waals surface area contributed by atoms with Crippen molar-refractivity contribution in [2.45, 2.75) is 31.3 Å². The SMILES string of the molecule is Cc1c(C(=O)Nc2ccc(S(C)(=O)=O)cc2)cc(CC(C)O)n1-c1ccc(Cl)cc1Cl. The first-order valence-corrected chi connectivity index (χ1v) is 12.1. The Labute approximate surface area is 191 Å². The number of rotatable bonds is 6. The van der Waals surface area contributed by atoms with Gasteiger partial charge in [0.2, 0.25) is 0 Å². The van der Waals surface area contributed by atoms with E-state index in [1.54, 1.807) is 38.1 Å². The molecule has 0 bridgehead atoms. The Hall–Kier alpha value is -2.32. The maximum absolute atomic E-state index is 13.0. The second kappa shape index (κ2) is 9.04. The molecule has 2 aromatic carbocycles. The van der Waals surface area contributed by atoms with E-state index in [1.165, 1.54) is 24.3 Å². The molecule has 2 N–H and O–H groups in total. The molecule has 0 aliphatic heterocycles. The Morgan fingerprint density at radius 1 is 1.13 bits per heavy atom. The number of anilines is 1. The molecule has 164 valence electrons. The molecule has 0 saturated carbocycles. The Morgan fingerprint density at radius 2 is 1.77 bits per heavy atom. The third-order valence-corrected chi connectivity index (χ3v) is 6.43. The highest BCUT2D eigenvalue weighted by Crippen LogP contribution is 2.30. The standard InChI is InChI=1S/C22H22Cl2N2O4S/c1-13(27)10-17-12-19(14(2)26(17)21-9-4-15(23)11-20(21)24)22(28)25-16-5-7-18(8-6-16)31(3,29)30/h4-9,11-13,27H,10H2,1-3H3,(H,25,28). The molecule has 0 fully saturated rings. The van der Waals surface area contributed by atoms with Crippen LogP contribution in [0.2, 0.25) is 10.0 Å². The average Bonchev–Trinajstić information content (AvgIpc) is 2.97. The van der Waals surface area contributed by atoms with Crippen molar-refractivity contribution in [1.29, 1.82) is 0 Å². The number of nitrogens with zero attached hydrogens (tertiary/aromatic N) is 1. The highest BCUT2D eigenvalue weighted by molar-refractivity contribution is 7.90. The zero-order chi connectivity index (χ0) is 22.9. The van der Waals surface area contributed by atoms with E-state index in [0.29, 0.717) is 44.8 Å². The van der Waals surface area contributed by atoms with E-state index >= 15 is 0 Å². The average molecular weight is 481 g/mol. The first kappa shape index (κ1) is 23.3. The number of carbonyl (C=O) groups excluding carboxylic acids is 1. The van der Waals surface area contributed by atoms with Crippen LogP contribution < -0.4 is 5.32 Å². The van der Waals surface area contributed by atoms with Gasteiger partial charge in [-0.05, 0) is 62.4 Å². The smallest absolute Gasteiger partial charge is 0.257 e. The van der Waals surface area contributed by atoms with Crippen LogP contribution in [0.5, 0.6) is 0 Å². The minimum Gasteiger partial charge on any atom is -0.393 e. The molecule has 1 atom stereocenters. The molecule has 3 aromatic rings. The number of benzene rings is 2. The van der Waals surface area contributed by atoms with Crippen LogP contribution in [0.1, 0.15) is 28.7 Å². The van der Waals surface area contributed by atoms with Crippen molar-refractivity contribution in [3.05, 3.63) is 75.5 Å². The second-order valence-corrected chi connectivity index (χ2v) is 10.2. The zero-order valence-corrected chi connectivity index (χ0v) is 19.5. The molecule has 9 heteroatoms. The summed E-state index contributed by atoms with van der Waals surface area (Å²) in [6.07, 6.45) is 0.813. The number of aliphatic hydroxyl groups excluding tert-OH is 1. The van der Waals surface area contributed by atoms with Gasteiger partial charge in [0.15, 0.2) is 9.84 Å². The summed E-state index contributed by atoms with van der Waals surface area (Å²) in [6, 6.07) is 12.7. The van der Waals surface area contributed by atoms with E-state index in [4.69, 9.17) is 23.2 Å². The van der Waals surface area contributed by atoms with Crippen LogP contribution >= 0.6 is 23.2 Å². The van der Waals surface area contributed by atoms with Crippen molar-refractivity contribution >= 4 is 44.6 Å². The predicted molar refractivity (Wildman–Crippen MR) is 123 cm³/mol. The first-order valence-electron chi connectivity index (χ1n) is 9.43. The molecular weight excluding hydrogens is 459 g/mol. The molecule has 6 nitrogen and oxygen atoms in total. The summed E-state index contributed by atoms with van der Waals surface area (Å²) in [5.74, 6) is -0.361.